The first-order valence-corrected chi connectivity index (χ1v) is 4.25. The Morgan fingerprint density at radius 1 is 1.47 bits per heavy atom. The van der Waals surface area contributed by atoms with Crippen molar-refractivity contribution in [2.24, 2.45) is 0 Å². The fourth-order valence-corrected chi connectivity index (χ4v) is 0.800. The van der Waals surface area contributed by atoms with Crippen LogP contribution in [0.1, 0.15) is 5.56 Å². The molecule has 0 aliphatic carbocycles. The van der Waals surface area contributed by atoms with Crippen molar-refractivity contribution in [1.82, 2.24) is 5.32 Å². The summed E-state index contributed by atoms with van der Waals surface area (Å²) in [6.07, 6.45) is -0.995. The quantitative estimate of drug-likeness (QED) is 0.662. The predicted octanol–water partition coefficient (Wildman–Crippen LogP) is 1.59. The lowest BCUT2D eigenvalue weighted by Crippen LogP contribution is -2.13. The van der Waals surface area contributed by atoms with Gasteiger partial charge in [0.05, 0.1) is 7.11 Å². The number of phenolic OH excluding ortho intramolecular Hbond substituents is 1. The van der Waals surface area contributed by atoms with Gasteiger partial charge < -0.3 is 20.3 Å². The normalized spacial score (nSPS) is 8.47. The van der Waals surface area contributed by atoms with Gasteiger partial charge in [-0.2, -0.15) is 0 Å². The minimum Gasteiger partial charge on any atom is -0.504 e. The maximum absolute atomic E-state index is 9.26. The van der Waals surface area contributed by atoms with Crippen LogP contribution in [-0.4, -0.2) is 30.5 Å². The SMILES string of the molecule is CNC(=O)O.COc1ccc(C)cc1O. The fourth-order valence-electron chi connectivity index (χ4n) is 0.800. The molecular formula is C10H15NO4. The highest BCUT2D eigenvalue weighted by atomic mass is 16.5. The number of rotatable bonds is 1. The molecule has 0 aromatic heterocycles. The molecule has 0 unspecified atom stereocenters. The highest BCUT2D eigenvalue weighted by molar-refractivity contribution is 5.63. The molecule has 0 atom stereocenters. The molecule has 3 N–H and O–H groups in total. The molecule has 0 bridgehead atoms. The van der Waals surface area contributed by atoms with Crippen LogP contribution in [0.15, 0.2) is 18.2 Å². The van der Waals surface area contributed by atoms with E-state index < -0.39 is 6.09 Å². The zero-order chi connectivity index (χ0) is 11.8. The first kappa shape index (κ1) is 13.1. The smallest absolute Gasteiger partial charge is 0.404 e. The standard InChI is InChI=1S/C8H10O2.C2H5NO2/c1-6-3-4-8(10-2)7(9)5-6;1-3-2(4)5/h3-5,9H,1-2H3;3H,1H3,(H,4,5). The van der Waals surface area contributed by atoms with Crippen LogP contribution in [0, 0.1) is 6.92 Å². The zero-order valence-corrected chi connectivity index (χ0v) is 8.94. The summed E-state index contributed by atoms with van der Waals surface area (Å²) in [5.74, 6) is 0.716. The van der Waals surface area contributed by atoms with Crippen LogP contribution in [0.5, 0.6) is 11.5 Å². The Labute approximate surface area is 88.3 Å². The maximum atomic E-state index is 9.26. The molecule has 15 heavy (non-hydrogen) atoms. The fraction of sp³-hybridized carbons (Fsp3) is 0.300. The highest BCUT2D eigenvalue weighted by Crippen LogP contribution is 2.25. The number of benzene rings is 1. The summed E-state index contributed by atoms with van der Waals surface area (Å²) in [5.41, 5.74) is 1.03. The molecular weight excluding hydrogens is 198 g/mol. The van der Waals surface area contributed by atoms with E-state index in [1.54, 1.807) is 12.1 Å². The Balaban J connectivity index is 0.000000336. The Morgan fingerprint density at radius 3 is 2.33 bits per heavy atom. The first-order valence-electron chi connectivity index (χ1n) is 4.25. The van der Waals surface area contributed by atoms with Gasteiger partial charge in [0.1, 0.15) is 0 Å². The van der Waals surface area contributed by atoms with E-state index in [0.717, 1.165) is 5.56 Å². The number of phenols is 1. The third kappa shape index (κ3) is 5.41. The average Bonchev–Trinajstić information content (AvgIpc) is 2.19. The second kappa shape index (κ2) is 6.53. The lowest BCUT2D eigenvalue weighted by molar-refractivity contribution is 0.197. The average molecular weight is 213 g/mol. The van der Waals surface area contributed by atoms with Crippen molar-refractivity contribution in [3.8, 4) is 11.5 Å². The lowest BCUT2D eigenvalue weighted by atomic mass is 10.2. The Kier molecular flexibility index (Phi) is 5.70. The van der Waals surface area contributed by atoms with E-state index in [1.807, 2.05) is 18.3 Å². The Morgan fingerprint density at radius 2 is 2.00 bits per heavy atom. The van der Waals surface area contributed by atoms with Gasteiger partial charge in [0.15, 0.2) is 11.5 Å². The zero-order valence-electron chi connectivity index (χ0n) is 8.94. The third-order valence-corrected chi connectivity index (χ3v) is 1.55. The summed E-state index contributed by atoms with van der Waals surface area (Å²) in [4.78, 5) is 9.26. The molecule has 1 aromatic rings. The number of hydrogen-bond acceptors (Lipinski definition) is 3. The van der Waals surface area contributed by atoms with Crippen molar-refractivity contribution >= 4 is 6.09 Å². The maximum Gasteiger partial charge on any atom is 0.404 e. The topological polar surface area (TPSA) is 78.8 Å². The van der Waals surface area contributed by atoms with Crippen LogP contribution >= 0.6 is 0 Å². The molecule has 5 heteroatoms. The Bertz CT molecular complexity index is 325. The van der Waals surface area contributed by atoms with Gasteiger partial charge in [-0.05, 0) is 24.6 Å². The van der Waals surface area contributed by atoms with Crippen molar-refractivity contribution in [3.05, 3.63) is 23.8 Å². The number of amides is 1. The van der Waals surface area contributed by atoms with Gasteiger partial charge >= 0.3 is 6.09 Å². The summed E-state index contributed by atoms with van der Waals surface area (Å²) in [7, 11) is 2.88. The number of nitrogens with one attached hydrogen (secondary N) is 1. The van der Waals surface area contributed by atoms with E-state index in [4.69, 9.17) is 14.9 Å². The molecule has 1 aromatic carbocycles. The first-order chi connectivity index (χ1) is 7.01. The number of ether oxygens (including phenoxy) is 1. The van der Waals surface area contributed by atoms with Crippen LogP contribution in [-0.2, 0) is 0 Å². The number of aryl methyl sites for hydroxylation is 1. The minimum atomic E-state index is -0.995. The van der Waals surface area contributed by atoms with Gasteiger partial charge in [0.25, 0.3) is 0 Å². The van der Waals surface area contributed by atoms with E-state index >= 15 is 0 Å². The van der Waals surface area contributed by atoms with Gasteiger partial charge in [-0.15, -0.1) is 0 Å². The number of aromatic hydroxyl groups is 1. The molecule has 5 nitrogen and oxygen atoms in total. The summed E-state index contributed by atoms with van der Waals surface area (Å²) in [6, 6.07) is 5.29. The van der Waals surface area contributed by atoms with Crippen LogP contribution < -0.4 is 10.1 Å². The molecule has 0 aliphatic heterocycles. The number of carbonyl (C=O) groups is 1. The van der Waals surface area contributed by atoms with Crippen molar-refractivity contribution in [2.75, 3.05) is 14.2 Å². The van der Waals surface area contributed by atoms with Crippen molar-refractivity contribution in [2.45, 2.75) is 6.92 Å². The van der Waals surface area contributed by atoms with Gasteiger partial charge in [0.2, 0.25) is 0 Å². The molecule has 1 rings (SSSR count). The monoisotopic (exact) mass is 213 g/mol. The van der Waals surface area contributed by atoms with Crippen LogP contribution in [0.4, 0.5) is 4.79 Å². The number of hydrogen-bond donors (Lipinski definition) is 3. The second-order valence-corrected chi connectivity index (χ2v) is 2.73. The van der Waals surface area contributed by atoms with Crippen molar-refractivity contribution < 1.29 is 19.7 Å². The Hall–Kier alpha value is -1.91. The van der Waals surface area contributed by atoms with Gasteiger partial charge in [-0.1, -0.05) is 6.07 Å². The molecule has 0 fully saturated rings. The molecule has 0 aliphatic rings. The molecule has 84 valence electrons. The van der Waals surface area contributed by atoms with Crippen LogP contribution in [0.25, 0.3) is 0 Å². The van der Waals surface area contributed by atoms with Gasteiger partial charge in [-0.3, -0.25) is 0 Å². The summed E-state index contributed by atoms with van der Waals surface area (Å²) >= 11 is 0. The van der Waals surface area contributed by atoms with Crippen molar-refractivity contribution in [3.63, 3.8) is 0 Å². The third-order valence-electron chi connectivity index (χ3n) is 1.55. The summed E-state index contributed by atoms with van der Waals surface area (Å²) in [6.45, 7) is 1.92. The summed E-state index contributed by atoms with van der Waals surface area (Å²) < 4.78 is 4.85. The largest absolute Gasteiger partial charge is 0.504 e. The molecule has 0 spiro atoms. The minimum absolute atomic E-state index is 0.197. The van der Waals surface area contributed by atoms with Gasteiger partial charge in [-0.25, -0.2) is 4.79 Å². The molecule has 0 radical (unpaired) electrons. The van der Waals surface area contributed by atoms with Crippen LogP contribution in [0.2, 0.25) is 0 Å². The van der Waals surface area contributed by atoms with E-state index in [9.17, 15) is 4.79 Å². The predicted molar refractivity (Wildman–Crippen MR) is 56.5 cm³/mol. The highest BCUT2D eigenvalue weighted by Gasteiger charge is 1.97. The lowest BCUT2D eigenvalue weighted by Gasteiger charge is -2.01. The summed E-state index contributed by atoms with van der Waals surface area (Å²) in [5, 5.41) is 18.7. The number of methoxy groups -OCH3 is 1. The van der Waals surface area contributed by atoms with Crippen LogP contribution in [0.3, 0.4) is 0 Å². The molecule has 0 heterocycles. The van der Waals surface area contributed by atoms with Gasteiger partial charge in [0, 0.05) is 7.05 Å². The van der Waals surface area contributed by atoms with E-state index in [-0.39, 0.29) is 5.75 Å². The number of carboxylic acid groups (broad SMARTS) is 1. The van der Waals surface area contributed by atoms with E-state index in [1.165, 1.54) is 14.2 Å². The molecule has 0 saturated carbocycles. The van der Waals surface area contributed by atoms with E-state index in [0.29, 0.717) is 5.75 Å². The molecule has 0 saturated heterocycles. The second-order valence-electron chi connectivity index (χ2n) is 2.73. The van der Waals surface area contributed by atoms with E-state index in [2.05, 4.69) is 0 Å². The van der Waals surface area contributed by atoms with Crippen molar-refractivity contribution in [1.29, 1.82) is 0 Å². The molecule has 1 amide bonds.